The van der Waals surface area contributed by atoms with Gasteiger partial charge in [0.15, 0.2) is 0 Å². The van der Waals surface area contributed by atoms with Crippen LogP contribution in [-0.4, -0.2) is 25.3 Å². The first-order chi connectivity index (χ1) is 12.5. The number of amides is 1. The first-order valence-electron chi connectivity index (χ1n) is 8.77. The second-order valence-electron chi connectivity index (χ2n) is 6.01. The quantitative estimate of drug-likeness (QED) is 0.508. The maximum atomic E-state index is 12.5. The minimum absolute atomic E-state index is 0.265. The average molecular weight is 375 g/mol. The maximum absolute atomic E-state index is 12.5. The highest BCUT2D eigenvalue weighted by atomic mass is 32.1. The van der Waals surface area contributed by atoms with Gasteiger partial charge in [-0.25, -0.2) is 9.59 Å². The molecule has 1 amide bonds. The Morgan fingerprint density at radius 2 is 1.88 bits per heavy atom. The number of benzene rings is 1. The van der Waals surface area contributed by atoms with Crippen molar-refractivity contribution >= 4 is 28.4 Å². The van der Waals surface area contributed by atoms with Gasteiger partial charge in [-0.1, -0.05) is 37.1 Å². The van der Waals surface area contributed by atoms with E-state index >= 15 is 0 Å². The summed E-state index contributed by atoms with van der Waals surface area (Å²) in [6.07, 6.45) is 1.19. The molecule has 0 bridgehead atoms. The smallest absolute Gasteiger partial charge is 0.412 e. The molecule has 0 radical (unpaired) electrons. The van der Waals surface area contributed by atoms with Gasteiger partial charge in [-0.2, -0.15) is 0 Å². The van der Waals surface area contributed by atoms with Crippen LogP contribution in [0.1, 0.15) is 48.2 Å². The Balaban J connectivity index is 2.36. The highest BCUT2D eigenvalue weighted by Gasteiger charge is 2.23. The zero-order chi connectivity index (χ0) is 19.1. The van der Waals surface area contributed by atoms with E-state index in [9.17, 15) is 9.59 Å². The van der Waals surface area contributed by atoms with Gasteiger partial charge in [-0.3, -0.25) is 5.32 Å². The average Bonchev–Trinajstić information content (AvgIpc) is 2.98. The van der Waals surface area contributed by atoms with E-state index in [1.54, 1.807) is 6.92 Å². The van der Waals surface area contributed by atoms with Gasteiger partial charge in [-0.15, -0.1) is 11.3 Å². The number of nitrogens with one attached hydrogen (secondary N) is 1. The summed E-state index contributed by atoms with van der Waals surface area (Å²) in [5, 5.41) is 5.00. The molecule has 0 aliphatic carbocycles. The molecule has 6 heteroatoms. The summed E-state index contributed by atoms with van der Waals surface area (Å²) in [6.45, 7) is 8.42. The summed E-state index contributed by atoms with van der Waals surface area (Å²) in [5.41, 5.74) is 4.29. The van der Waals surface area contributed by atoms with Crippen molar-refractivity contribution in [2.24, 2.45) is 0 Å². The standard InChI is InChI=1S/C20H25NO4S/c1-5-7-10-25-20(23)21-18-17(19(22)24-6-2)16(12-26-18)15-9-8-13(3)11-14(15)4/h8-9,11-12H,5-7,10H2,1-4H3,(H,21,23). The summed E-state index contributed by atoms with van der Waals surface area (Å²) in [6, 6.07) is 6.05. The molecule has 0 aliphatic heterocycles. The second kappa shape index (κ2) is 9.38. The van der Waals surface area contributed by atoms with Gasteiger partial charge in [0.1, 0.15) is 10.6 Å². The van der Waals surface area contributed by atoms with Crippen LogP contribution in [0.5, 0.6) is 0 Å². The van der Waals surface area contributed by atoms with Crippen molar-refractivity contribution in [3.63, 3.8) is 0 Å². The lowest BCUT2D eigenvalue weighted by Crippen LogP contribution is -2.16. The lowest BCUT2D eigenvalue weighted by atomic mass is 9.98. The van der Waals surface area contributed by atoms with Gasteiger partial charge in [0.2, 0.25) is 0 Å². The van der Waals surface area contributed by atoms with Crippen molar-refractivity contribution in [2.45, 2.75) is 40.5 Å². The summed E-state index contributed by atoms with van der Waals surface area (Å²) in [7, 11) is 0. The number of esters is 1. The first kappa shape index (κ1) is 20.0. The monoisotopic (exact) mass is 375 g/mol. The van der Waals surface area contributed by atoms with E-state index in [1.807, 2.05) is 38.3 Å². The van der Waals surface area contributed by atoms with Gasteiger partial charge in [0.25, 0.3) is 0 Å². The van der Waals surface area contributed by atoms with Crippen LogP contribution in [0.3, 0.4) is 0 Å². The minimum atomic E-state index is -0.557. The number of thiophene rings is 1. The number of carbonyl (C=O) groups is 2. The number of hydrogen-bond acceptors (Lipinski definition) is 5. The van der Waals surface area contributed by atoms with Gasteiger partial charge in [0, 0.05) is 10.9 Å². The van der Waals surface area contributed by atoms with Crippen LogP contribution < -0.4 is 5.32 Å². The van der Waals surface area contributed by atoms with Crippen molar-refractivity contribution in [2.75, 3.05) is 18.5 Å². The van der Waals surface area contributed by atoms with E-state index in [2.05, 4.69) is 11.4 Å². The molecule has 2 rings (SSSR count). The molecule has 0 aliphatic rings. The second-order valence-corrected chi connectivity index (χ2v) is 6.89. The first-order valence-corrected chi connectivity index (χ1v) is 9.65. The van der Waals surface area contributed by atoms with Crippen LogP contribution in [0.15, 0.2) is 23.6 Å². The fraction of sp³-hybridized carbons (Fsp3) is 0.400. The molecule has 140 valence electrons. The zero-order valence-corrected chi connectivity index (χ0v) is 16.5. The Kier molecular flexibility index (Phi) is 7.21. The molecule has 1 heterocycles. The van der Waals surface area contributed by atoms with Crippen molar-refractivity contribution < 1.29 is 19.1 Å². The van der Waals surface area contributed by atoms with Crippen molar-refractivity contribution in [1.29, 1.82) is 0 Å². The Bertz CT molecular complexity index is 782. The third kappa shape index (κ3) is 4.85. The third-order valence-corrected chi connectivity index (χ3v) is 4.78. The topological polar surface area (TPSA) is 64.6 Å². The Hall–Kier alpha value is -2.34. The minimum Gasteiger partial charge on any atom is -0.462 e. The van der Waals surface area contributed by atoms with Crippen LogP contribution in [0.2, 0.25) is 0 Å². The van der Waals surface area contributed by atoms with Crippen LogP contribution in [0, 0.1) is 13.8 Å². The summed E-state index contributed by atoms with van der Waals surface area (Å²) >= 11 is 1.29. The van der Waals surface area contributed by atoms with Crippen LogP contribution in [0.25, 0.3) is 11.1 Å². The summed E-state index contributed by atoms with van der Waals surface area (Å²) < 4.78 is 10.3. The molecule has 0 saturated carbocycles. The molecule has 0 atom stereocenters. The van der Waals surface area contributed by atoms with Gasteiger partial charge in [0.05, 0.1) is 13.2 Å². The predicted molar refractivity (Wildman–Crippen MR) is 105 cm³/mol. The number of carbonyl (C=O) groups excluding carboxylic acids is 2. The van der Waals surface area contributed by atoms with Crippen molar-refractivity contribution in [3.8, 4) is 11.1 Å². The number of rotatable bonds is 7. The van der Waals surface area contributed by atoms with E-state index in [1.165, 1.54) is 11.3 Å². The highest BCUT2D eigenvalue weighted by Crippen LogP contribution is 2.38. The van der Waals surface area contributed by atoms with E-state index in [-0.39, 0.29) is 6.61 Å². The molecule has 1 aromatic heterocycles. The Morgan fingerprint density at radius 3 is 2.54 bits per heavy atom. The summed E-state index contributed by atoms with van der Waals surface area (Å²) in [5.74, 6) is -0.451. The third-order valence-electron chi connectivity index (χ3n) is 3.89. The number of hydrogen-bond donors (Lipinski definition) is 1. The largest absolute Gasteiger partial charge is 0.462 e. The lowest BCUT2D eigenvalue weighted by molar-refractivity contribution is 0.0529. The van der Waals surface area contributed by atoms with Gasteiger partial charge < -0.3 is 9.47 Å². The van der Waals surface area contributed by atoms with E-state index in [0.717, 1.165) is 35.1 Å². The van der Waals surface area contributed by atoms with E-state index in [4.69, 9.17) is 9.47 Å². The molecule has 1 N–H and O–H groups in total. The Labute approximate surface area is 158 Å². The normalized spacial score (nSPS) is 10.5. The molecule has 0 spiro atoms. The highest BCUT2D eigenvalue weighted by molar-refractivity contribution is 7.15. The molecule has 5 nitrogen and oxygen atoms in total. The SMILES string of the molecule is CCCCOC(=O)Nc1scc(-c2ccc(C)cc2C)c1C(=O)OCC. The van der Waals surface area contributed by atoms with Crippen molar-refractivity contribution in [3.05, 3.63) is 40.3 Å². The lowest BCUT2D eigenvalue weighted by Gasteiger charge is -2.11. The molecular formula is C20H25NO4S. The van der Waals surface area contributed by atoms with Crippen LogP contribution in [-0.2, 0) is 9.47 Å². The van der Waals surface area contributed by atoms with Gasteiger partial charge in [-0.05, 0) is 38.3 Å². The van der Waals surface area contributed by atoms with E-state index < -0.39 is 12.1 Å². The van der Waals surface area contributed by atoms with Crippen LogP contribution >= 0.6 is 11.3 Å². The number of anilines is 1. The fourth-order valence-electron chi connectivity index (χ4n) is 2.61. The zero-order valence-electron chi connectivity index (χ0n) is 15.7. The molecule has 2 aromatic rings. The summed E-state index contributed by atoms with van der Waals surface area (Å²) in [4.78, 5) is 24.5. The van der Waals surface area contributed by atoms with E-state index in [0.29, 0.717) is 17.2 Å². The number of ether oxygens (including phenoxy) is 2. The molecule has 26 heavy (non-hydrogen) atoms. The number of aryl methyl sites for hydroxylation is 2. The molecule has 1 aromatic carbocycles. The Morgan fingerprint density at radius 1 is 1.12 bits per heavy atom. The molecule has 0 saturated heterocycles. The molecule has 0 unspecified atom stereocenters. The van der Waals surface area contributed by atoms with Gasteiger partial charge >= 0.3 is 12.1 Å². The maximum Gasteiger partial charge on any atom is 0.412 e. The van der Waals surface area contributed by atoms with Crippen molar-refractivity contribution in [1.82, 2.24) is 0 Å². The number of unbranched alkanes of at least 4 members (excludes halogenated alkanes) is 1. The fourth-order valence-corrected chi connectivity index (χ4v) is 3.54. The molecular weight excluding hydrogens is 350 g/mol. The predicted octanol–water partition coefficient (Wildman–Crippen LogP) is 5.56. The van der Waals surface area contributed by atoms with Crippen LogP contribution in [0.4, 0.5) is 9.80 Å². The molecule has 0 fully saturated rings.